The van der Waals surface area contributed by atoms with Crippen molar-refractivity contribution in [2.75, 3.05) is 20.6 Å². The molecule has 1 N–H and O–H groups in total. The molecular weight excluding hydrogens is 282 g/mol. The van der Waals surface area contributed by atoms with Gasteiger partial charge in [-0.05, 0) is 50.9 Å². The molecule has 128 valence electrons. The van der Waals surface area contributed by atoms with Crippen LogP contribution in [0.25, 0.3) is 6.08 Å². The van der Waals surface area contributed by atoms with E-state index in [4.69, 9.17) is 0 Å². The molecule has 0 aliphatic heterocycles. The van der Waals surface area contributed by atoms with Crippen molar-refractivity contribution < 1.29 is 5.11 Å². The van der Waals surface area contributed by atoms with Gasteiger partial charge in [-0.3, -0.25) is 0 Å². The fourth-order valence-corrected chi connectivity index (χ4v) is 4.26. The number of hydrogen-bond acceptors (Lipinski definition) is 2. The number of benzene rings is 1. The van der Waals surface area contributed by atoms with Crippen LogP contribution in [0.3, 0.4) is 0 Å². The fraction of sp³-hybridized carbons (Fsp3) is 0.619. The topological polar surface area (TPSA) is 23.5 Å². The minimum absolute atomic E-state index is 0.223. The van der Waals surface area contributed by atoms with Crippen molar-refractivity contribution in [2.45, 2.75) is 51.6 Å². The molecule has 1 fully saturated rings. The molecule has 0 spiro atoms. The van der Waals surface area contributed by atoms with Gasteiger partial charge in [-0.1, -0.05) is 62.6 Å². The van der Waals surface area contributed by atoms with Crippen molar-refractivity contribution in [3.05, 3.63) is 41.5 Å². The molecule has 1 aliphatic carbocycles. The normalized spacial score (nSPS) is 21.2. The van der Waals surface area contributed by atoms with Crippen molar-refractivity contribution in [2.24, 2.45) is 11.8 Å². The minimum atomic E-state index is -0.708. The lowest BCUT2D eigenvalue weighted by molar-refractivity contribution is -0.0493. The minimum Gasteiger partial charge on any atom is -0.385 e. The van der Waals surface area contributed by atoms with Crippen molar-refractivity contribution in [1.82, 2.24) is 4.90 Å². The SMILES string of the molecule is CC(=Cc1ccccc1)C(O)(C(C)CN(C)C)C1CCCCC1. The third-order valence-electron chi connectivity index (χ3n) is 5.43. The Hall–Kier alpha value is -1.12. The second kappa shape index (κ2) is 8.12. The average Bonchev–Trinajstić information content (AvgIpc) is 2.55. The van der Waals surface area contributed by atoms with Gasteiger partial charge in [-0.25, -0.2) is 0 Å². The molecule has 1 saturated carbocycles. The van der Waals surface area contributed by atoms with Gasteiger partial charge in [0.05, 0.1) is 5.60 Å². The molecule has 1 aliphatic rings. The molecular formula is C21H33NO. The standard InChI is InChI=1S/C21H33NO/c1-17(15-19-11-7-5-8-12-19)21(23,18(2)16-22(3)4)20-13-9-6-10-14-20/h5,7-8,11-12,15,18,20,23H,6,9-10,13-14,16H2,1-4H3. The first-order valence-electron chi connectivity index (χ1n) is 9.05. The predicted molar refractivity (Wildman–Crippen MR) is 99.3 cm³/mol. The summed E-state index contributed by atoms with van der Waals surface area (Å²) >= 11 is 0. The van der Waals surface area contributed by atoms with Gasteiger partial charge in [-0.15, -0.1) is 0 Å². The van der Waals surface area contributed by atoms with E-state index in [0.717, 1.165) is 25.0 Å². The highest BCUT2D eigenvalue weighted by atomic mass is 16.3. The quantitative estimate of drug-likeness (QED) is 0.829. The maximum absolute atomic E-state index is 11.8. The highest BCUT2D eigenvalue weighted by Crippen LogP contribution is 2.42. The highest BCUT2D eigenvalue weighted by molar-refractivity contribution is 5.54. The summed E-state index contributed by atoms with van der Waals surface area (Å²) in [4.78, 5) is 2.19. The van der Waals surface area contributed by atoms with E-state index in [1.165, 1.54) is 24.8 Å². The Kier molecular flexibility index (Phi) is 6.43. The van der Waals surface area contributed by atoms with Gasteiger partial charge in [0.1, 0.15) is 0 Å². The maximum atomic E-state index is 11.8. The largest absolute Gasteiger partial charge is 0.385 e. The third-order valence-corrected chi connectivity index (χ3v) is 5.43. The van der Waals surface area contributed by atoms with Gasteiger partial charge in [0.2, 0.25) is 0 Å². The summed E-state index contributed by atoms with van der Waals surface area (Å²) in [7, 11) is 4.18. The zero-order valence-corrected chi connectivity index (χ0v) is 15.3. The Morgan fingerprint density at radius 1 is 1.22 bits per heavy atom. The molecule has 0 heterocycles. The first kappa shape index (κ1) is 18.2. The lowest BCUT2D eigenvalue weighted by Gasteiger charge is -2.44. The molecule has 0 radical (unpaired) electrons. The Labute approximate surface area is 142 Å². The van der Waals surface area contributed by atoms with Gasteiger partial charge in [0.25, 0.3) is 0 Å². The van der Waals surface area contributed by atoms with Crippen LogP contribution >= 0.6 is 0 Å². The van der Waals surface area contributed by atoms with Gasteiger partial charge >= 0.3 is 0 Å². The van der Waals surface area contributed by atoms with Crippen LogP contribution in [-0.4, -0.2) is 36.2 Å². The zero-order chi connectivity index (χ0) is 16.9. The zero-order valence-electron chi connectivity index (χ0n) is 15.3. The van der Waals surface area contributed by atoms with Crippen molar-refractivity contribution in [1.29, 1.82) is 0 Å². The molecule has 2 heteroatoms. The van der Waals surface area contributed by atoms with Crippen LogP contribution in [0.5, 0.6) is 0 Å². The summed E-state index contributed by atoms with van der Waals surface area (Å²) in [5.74, 6) is 0.603. The number of hydrogen-bond donors (Lipinski definition) is 1. The molecule has 2 atom stereocenters. The molecule has 23 heavy (non-hydrogen) atoms. The van der Waals surface area contributed by atoms with Gasteiger partial charge in [-0.2, -0.15) is 0 Å². The van der Waals surface area contributed by atoms with Crippen LogP contribution in [-0.2, 0) is 0 Å². The number of nitrogens with zero attached hydrogens (tertiary/aromatic N) is 1. The second-order valence-corrected chi connectivity index (χ2v) is 7.56. The summed E-state index contributed by atoms with van der Waals surface area (Å²) < 4.78 is 0. The van der Waals surface area contributed by atoms with Gasteiger partial charge < -0.3 is 10.0 Å². The summed E-state index contributed by atoms with van der Waals surface area (Å²) in [6.07, 6.45) is 8.29. The van der Waals surface area contributed by atoms with Crippen LogP contribution in [0.1, 0.15) is 51.5 Å². The fourth-order valence-electron chi connectivity index (χ4n) is 4.26. The van der Waals surface area contributed by atoms with E-state index in [2.05, 4.69) is 63.2 Å². The van der Waals surface area contributed by atoms with Crippen molar-refractivity contribution >= 4 is 6.08 Å². The summed E-state index contributed by atoms with van der Waals surface area (Å²) in [5, 5.41) is 11.8. The van der Waals surface area contributed by atoms with Crippen LogP contribution in [0.15, 0.2) is 35.9 Å². The third kappa shape index (κ3) is 4.45. The van der Waals surface area contributed by atoms with Gasteiger partial charge in [0.15, 0.2) is 0 Å². The number of rotatable bonds is 6. The first-order valence-corrected chi connectivity index (χ1v) is 9.05. The van der Waals surface area contributed by atoms with Gasteiger partial charge in [0, 0.05) is 12.5 Å². The van der Waals surface area contributed by atoms with E-state index in [1.807, 2.05) is 6.07 Å². The lowest BCUT2D eigenvalue weighted by Crippen LogP contribution is -2.49. The maximum Gasteiger partial charge on any atom is 0.0922 e. The van der Waals surface area contributed by atoms with E-state index in [0.29, 0.717) is 5.92 Å². The monoisotopic (exact) mass is 315 g/mol. The lowest BCUT2D eigenvalue weighted by atomic mass is 9.67. The Morgan fingerprint density at radius 3 is 2.39 bits per heavy atom. The highest BCUT2D eigenvalue weighted by Gasteiger charge is 2.43. The summed E-state index contributed by atoms with van der Waals surface area (Å²) in [6.45, 7) is 5.23. The first-order chi connectivity index (χ1) is 10.9. The van der Waals surface area contributed by atoms with E-state index in [1.54, 1.807) is 0 Å². The molecule has 2 nitrogen and oxygen atoms in total. The molecule has 1 aromatic carbocycles. The molecule has 0 saturated heterocycles. The molecule has 0 amide bonds. The van der Waals surface area contributed by atoms with E-state index in [9.17, 15) is 5.11 Å². The van der Waals surface area contributed by atoms with Crippen LogP contribution in [0.4, 0.5) is 0 Å². The van der Waals surface area contributed by atoms with Crippen molar-refractivity contribution in [3.8, 4) is 0 Å². The molecule has 0 bridgehead atoms. The average molecular weight is 316 g/mol. The summed E-state index contributed by atoms with van der Waals surface area (Å²) in [5.41, 5.74) is 1.59. The number of aliphatic hydroxyl groups is 1. The molecule has 0 aromatic heterocycles. The van der Waals surface area contributed by atoms with Crippen LogP contribution in [0.2, 0.25) is 0 Å². The Morgan fingerprint density at radius 2 is 1.83 bits per heavy atom. The molecule has 1 aromatic rings. The van der Waals surface area contributed by atoms with E-state index < -0.39 is 5.60 Å². The van der Waals surface area contributed by atoms with Crippen LogP contribution in [0, 0.1) is 11.8 Å². The van der Waals surface area contributed by atoms with Crippen LogP contribution < -0.4 is 0 Å². The Bertz CT molecular complexity index is 502. The van der Waals surface area contributed by atoms with E-state index in [-0.39, 0.29) is 5.92 Å². The second-order valence-electron chi connectivity index (χ2n) is 7.56. The molecule has 2 rings (SSSR count). The summed E-state index contributed by atoms with van der Waals surface area (Å²) in [6, 6.07) is 10.4. The smallest absolute Gasteiger partial charge is 0.0922 e. The molecule has 2 unspecified atom stereocenters. The van der Waals surface area contributed by atoms with Crippen molar-refractivity contribution in [3.63, 3.8) is 0 Å². The Balaban J connectivity index is 2.33. The van der Waals surface area contributed by atoms with E-state index >= 15 is 0 Å². The predicted octanol–water partition coefficient (Wildman–Crippen LogP) is 4.60.